The van der Waals surface area contributed by atoms with Gasteiger partial charge in [-0.3, -0.25) is 4.79 Å². The third-order valence-electron chi connectivity index (χ3n) is 3.35. The van der Waals surface area contributed by atoms with Crippen molar-refractivity contribution in [2.24, 2.45) is 0 Å². The number of benzene rings is 2. The molecule has 134 valence electrons. The van der Waals surface area contributed by atoms with Gasteiger partial charge in [0.2, 0.25) is 5.91 Å². The SMILES string of the molecule is O=C(Cc1csc(SCc2ccc(Cl)cc2)n1)Nc1ccc(F)c(F)c1. The Morgan fingerprint density at radius 1 is 1.15 bits per heavy atom. The second-order valence-electron chi connectivity index (χ2n) is 5.37. The summed E-state index contributed by atoms with van der Waals surface area (Å²) in [5, 5.41) is 5.04. The van der Waals surface area contributed by atoms with Crippen LogP contribution in [0.3, 0.4) is 0 Å². The molecular formula is C18H13ClF2N2OS2. The Morgan fingerprint density at radius 3 is 2.65 bits per heavy atom. The summed E-state index contributed by atoms with van der Waals surface area (Å²) >= 11 is 8.90. The van der Waals surface area contributed by atoms with Crippen molar-refractivity contribution in [3.8, 4) is 0 Å². The molecule has 0 aliphatic heterocycles. The summed E-state index contributed by atoms with van der Waals surface area (Å²) in [5.74, 6) is -1.54. The van der Waals surface area contributed by atoms with Crippen molar-refractivity contribution < 1.29 is 13.6 Å². The van der Waals surface area contributed by atoms with E-state index in [2.05, 4.69) is 10.3 Å². The third kappa shape index (κ3) is 5.27. The minimum absolute atomic E-state index is 0.0665. The van der Waals surface area contributed by atoms with Gasteiger partial charge in [-0.25, -0.2) is 13.8 Å². The molecular weight excluding hydrogens is 398 g/mol. The maximum atomic E-state index is 13.2. The van der Waals surface area contributed by atoms with Crippen molar-refractivity contribution in [3.63, 3.8) is 0 Å². The van der Waals surface area contributed by atoms with E-state index in [4.69, 9.17) is 11.6 Å². The van der Waals surface area contributed by atoms with Crippen LogP contribution in [0.2, 0.25) is 5.02 Å². The number of carbonyl (C=O) groups is 1. The van der Waals surface area contributed by atoms with Gasteiger partial charge in [0.25, 0.3) is 0 Å². The van der Waals surface area contributed by atoms with Crippen LogP contribution in [0.5, 0.6) is 0 Å². The first-order valence-electron chi connectivity index (χ1n) is 7.56. The maximum Gasteiger partial charge on any atom is 0.230 e. The van der Waals surface area contributed by atoms with E-state index in [-0.39, 0.29) is 18.0 Å². The highest BCUT2D eigenvalue weighted by atomic mass is 35.5. The summed E-state index contributed by atoms with van der Waals surface area (Å²) in [5.41, 5.74) is 1.97. The molecule has 0 saturated carbocycles. The summed E-state index contributed by atoms with van der Waals surface area (Å²) in [4.78, 5) is 16.4. The molecule has 0 unspecified atom stereocenters. The van der Waals surface area contributed by atoms with Crippen LogP contribution < -0.4 is 5.32 Å². The van der Waals surface area contributed by atoms with Gasteiger partial charge in [-0.2, -0.15) is 0 Å². The molecule has 1 heterocycles. The van der Waals surface area contributed by atoms with Gasteiger partial charge in [0.1, 0.15) is 4.34 Å². The lowest BCUT2D eigenvalue weighted by Crippen LogP contribution is -2.14. The van der Waals surface area contributed by atoms with E-state index in [1.165, 1.54) is 17.4 Å². The largest absolute Gasteiger partial charge is 0.326 e. The number of rotatable bonds is 6. The van der Waals surface area contributed by atoms with Crippen LogP contribution in [0.15, 0.2) is 52.2 Å². The standard InChI is InChI=1S/C18H13ClF2N2OS2/c19-12-3-1-11(2-4-12)9-25-18-23-14(10-26-18)8-17(24)22-13-5-6-15(20)16(21)7-13/h1-7,10H,8-9H2,(H,22,24). The molecule has 0 bridgehead atoms. The number of anilines is 1. The molecule has 0 radical (unpaired) electrons. The second-order valence-corrected chi connectivity index (χ2v) is 7.89. The molecule has 0 aliphatic rings. The Balaban J connectivity index is 1.53. The molecule has 1 N–H and O–H groups in total. The van der Waals surface area contributed by atoms with Crippen molar-refractivity contribution in [2.75, 3.05) is 5.32 Å². The van der Waals surface area contributed by atoms with Crippen LogP contribution in [0.4, 0.5) is 14.5 Å². The highest BCUT2D eigenvalue weighted by Gasteiger charge is 2.10. The van der Waals surface area contributed by atoms with E-state index >= 15 is 0 Å². The molecule has 1 amide bonds. The lowest BCUT2D eigenvalue weighted by molar-refractivity contribution is -0.115. The van der Waals surface area contributed by atoms with Crippen molar-refractivity contribution >= 4 is 46.3 Å². The fourth-order valence-electron chi connectivity index (χ4n) is 2.11. The monoisotopic (exact) mass is 410 g/mol. The van der Waals surface area contributed by atoms with E-state index in [0.717, 1.165) is 27.8 Å². The highest BCUT2D eigenvalue weighted by Crippen LogP contribution is 2.27. The second kappa shape index (κ2) is 8.62. The average molecular weight is 411 g/mol. The lowest BCUT2D eigenvalue weighted by Gasteiger charge is -2.04. The fraction of sp³-hybridized carbons (Fsp3) is 0.111. The predicted molar refractivity (Wildman–Crippen MR) is 102 cm³/mol. The zero-order chi connectivity index (χ0) is 18.5. The van der Waals surface area contributed by atoms with E-state index in [0.29, 0.717) is 10.7 Å². The Hall–Kier alpha value is -1.96. The number of halogens is 3. The number of nitrogens with zero attached hydrogens (tertiary/aromatic N) is 1. The molecule has 0 atom stereocenters. The van der Waals surface area contributed by atoms with Crippen LogP contribution in [-0.2, 0) is 17.0 Å². The van der Waals surface area contributed by atoms with Crippen molar-refractivity contribution in [2.45, 2.75) is 16.5 Å². The number of thioether (sulfide) groups is 1. The van der Waals surface area contributed by atoms with Gasteiger partial charge in [0.05, 0.1) is 12.1 Å². The molecule has 0 saturated heterocycles. The minimum atomic E-state index is -1.00. The third-order valence-corrected chi connectivity index (χ3v) is 5.74. The number of nitrogens with one attached hydrogen (secondary N) is 1. The lowest BCUT2D eigenvalue weighted by atomic mass is 10.2. The molecule has 0 fully saturated rings. The molecule has 3 nitrogen and oxygen atoms in total. The van der Waals surface area contributed by atoms with E-state index < -0.39 is 11.6 Å². The molecule has 8 heteroatoms. The fourth-order valence-corrected chi connectivity index (χ4v) is 4.03. The zero-order valence-corrected chi connectivity index (χ0v) is 15.7. The number of hydrogen-bond donors (Lipinski definition) is 1. The van der Waals surface area contributed by atoms with Crippen LogP contribution in [0, 0.1) is 11.6 Å². The summed E-state index contributed by atoms with van der Waals surface area (Å²) in [6, 6.07) is 10.8. The first-order valence-corrected chi connectivity index (χ1v) is 9.80. The molecule has 3 rings (SSSR count). The Morgan fingerprint density at radius 2 is 1.92 bits per heavy atom. The molecule has 0 aliphatic carbocycles. The number of carbonyl (C=O) groups excluding carboxylic acids is 1. The maximum absolute atomic E-state index is 13.2. The van der Waals surface area contributed by atoms with Gasteiger partial charge in [-0.15, -0.1) is 11.3 Å². The average Bonchev–Trinajstić information content (AvgIpc) is 3.05. The first-order chi connectivity index (χ1) is 12.5. The molecule has 1 aromatic heterocycles. The quantitative estimate of drug-likeness (QED) is 0.542. The predicted octanol–water partition coefficient (Wildman–Crippen LogP) is 5.55. The topological polar surface area (TPSA) is 42.0 Å². The van der Waals surface area contributed by atoms with E-state index in [1.54, 1.807) is 11.8 Å². The molecule has 3 aromatic rings. The number of aromatic nitrogens is 1. The smallest absolute Gasteiger partial charge is 0.230 e. The van der Waals surface area contributed by atoms with Crippen molar-refractivity contribution in [1.82, 2.24) is 4.98 Å². The van der Waals surface area contributed by atoms with Gasteiger partial charge in [0.15, 0.2) is 11.6 Å². The Bertz CT molecular complexity index is 916. The summed E-state index contributed by atoms with van der Waals surface area (Å²) in [7, 11) is 0. The highest BCUT2D eigenvalue weighted by molar-refractivity contribution is 8.00. The van der Waals surface area contributed by atoms with Crippen LogP contribution in [-0.4, -0.2) is 10.9 Å². The Labute approximate surface area is 162 Å². The normalized spacial score (nSPS) is 10.7. The summed E-state index contributed by atoms with van der Waals surface area (Å²) in [6.07, 6.45) is 0.0665. The number of thiazole rings is 1. The van der Waals surface area contributed by atoms with Gasteiger partial charge in [-0.05, 0) is 29.8 Å². The van der Waals surface area contributed by atoms with Crippen LogP contribution in [0.1, 0.15) is 11.3 Å². The Kier molecular flexibility index (Phi) is 6.24. The minimum Gasteiger partial charge on any atom is -0.326 e. The van der Waals surface area contributed by atoms with Crippen molar-refractivity contribution in [1.29, 1.82) is 0 Å². The van der Waals surface area contributed by atoms with Gasteiger partial charge >= 0.3 is 0 Å². The first kappa shape index (κ1) is 18.8. The van der Waals surface area contributed by atoms with Gasteiger partial charge < -0.3 is 5.32 Å². The number of amides is 1. The molecule has 0 spiro atoms. The van der Waals surface area contributed by atoms with E-state index in [1.807, 2.05) is 29.6 Å². The van der Waals surface area contributed by atoms with Gasteiger partial charge in [-0.1, -0.05) is 35.5 Å². The zero-order valence-electron chi connectivity index (χ0n) is 13.3. The van der Waals surface area contributed by atoms with E-state index in [9.17, 15) is 13.6 Å². The summed E-state index contributed by atoms with van der Waals surface area (Å²) < 4.78 is 26.9. The van der Waals surface area contributed by atoms with Crippen LogP contribution >= 0.6 is 34.7 Å². The number of hydrogen-bond acceptors (Lipinski definition) is 4. The van der Waals surface area contributed by atoms with Crippen LogP contribution in [0.25, 0.3) is 0 Å². The van der Waals surface area contributed by atoms with Gasteiger partial charge in [0, 0.05) is 27.9 Å². The molecule has 26 heavy (non-hydrogen) atoms. The summed E-state index contributed by atoms with van der Waals surface area (Å²) in [6.45, 7) is 0. The molecule has 2 aromatic carbocycles. The van der Waals surface area contributed by atoms with Crippen molar-refractivity contribution in [3.05, 3.63) is 75.8 Å².